The van der Waals surface area contributed by atoms with Crippen molar-refractivity contribution < 1.29 is 19.2 Å². The van der Waals surface area contributed by atoms with Crippen molar-refractivity contribution in [3.05, 3.63) is 39.2 Å². The van der Waals surface area contributed by atoms with E-state index in [0.717, 1.165) is 17.5 Å². The lowest BCUT2D eigenvalue weighted by atomic mass is 9.59. The monoisotopic (exact) mass is 532 g/mol. The summed E-state index contributed by atoms with van der Waals surface area (Å²) in [5, 5.41) is 15.5. The first-order chi connectivity index (χ1) is 17.0. The van der Waals surface area contributed by atoms with Crippen molar-refractivity contribution in [2.24, 2.45) is 28.6 Å². The summed E-state index contributed by atoms with van der Waals surface area (Å²) in [6.45, 7) is 16.7. The van der Waals surface area contributed by atoms with Crippen molar-refractivity contribution in [3.8, 4) is 11.4 Å². The Morgan fingerprint density at radius 2 is 1.70 bits per heavy atom. The van der Waals surface area contributed by atoms with Gasteiger partial charge in [-0.3, -0.25) is 19.7 Å². The zero-order chi connectivity index (χ0) is 27.9. The highest BCUT2D eigenvalue weighted by Gasteiger charge is 2.48. The largest absolute Gasteiger partial charge is 0.461 e. The average Bonchev–Trinajstić information content (AvgIpc) is 3.17. The molecule has 10 heteroatoms. The number of carbonyl (C=O) groups excluding carboxylic acids is 2. The van der Waals surface area contributed by atoms with E-state index < -0.39 is 16.8 Å². The van der Waals surface area contributed by atoms with Crippen LogP contribution in [0.25, 0.3) is 11.4 Å². The van der Waals surface area contributed by atoms with Gasteiger partial charge in [0.1, 0.15) is 23.4 Å². The number of halogens is 1. The predicted molar refractivity (Wildman–Crippen MR) is 141 cm³/mol. The van der Waals surface area contributed by atoms with Crippen molar-refractivity contribution in [3.63, 3.8) is 0 Å². The van der Waals surface area contributed by atoms with Crippen LogP contribution in [0.5, 0.6) is 0 Å². The number of benzene rings is 1. The van der Waals surface area contributed by atoms with Crippen LogP contribution in [0.2, 0.25) is 5.02 Å². The van der Waals surface area contributed by atoms with E-state index in [1.165, 1.54) is 25.1 Å². The van der Waals surface area contributed by atoms with Crippen molar-refractivity contribution in [2.75, 3.05) is 0 Å². The van der Waals surface area contributed by atoms with Crippen LogP contribution in [0.1, 0.15) is 78.9 Å². The van der Waals surface area contributed by atoms with Gasteiger partial charge < -0.3 is 4.74 Å². The van der Waals surface area contributed by atoms with Crippen LogP contribution in [0.3, 0.4) is 0 Å². The van der Waals surface area contributed by atoms with E-state index in [9.17, 15) is 19.7 Å². The summed E-state index contributed by atoms with van der Waals surface area (Å²) in [6.07, 6.45) is 1.42. The van der Waals surface area contributed by atoms with Crippen molar-refractivity contribution in [1.82, 2.24) is 14.8 Å². The first-order valence-electron chi connectivity index (χ1n) is 12.6. The van der Waals surface area contributed by atoms with Crippen LogP contribution in [0.15, 0.2) is 18.2 Å². The molecule has 1 fully saturated rings. The quantitative estimate of drug-likeness (QED) is 0.249. The smallest absolute Gasteiger partial charge is 0.313 e. The number of hydrogen-bond donors (Lipinski definition) is 0. The van der Waals surface area contributed by atoms with E-state index in [-0.39, 0.29) is 57.5 Å². The molecule has 0 bridgehead atoms. The lowest BCUT2D eigenvalue weighted by molar-refractivity contribution is -0.384. The number of nitro groups is 1. The van der Waals surface area contributed by atoms with Gasteiger partial charge in [0.2, 0.25) is 5.91 Å². The van der Waals surface area contributed by atoms with Crippen LogP contribution in [-0.4, -0.2) is 37.7 Å². The molecule has 9 nitrogen and oxygen atoms in total. The molecule has 1 aromatic heterocycles. The third-order valence-corrected chi connectivity index (χ3v) is 7.59. The van der Waals surface area contributed by atoms with Gasteiger partial charge in [-0.1, -0.05) is 60.1 Å². The molecular weight excluding hydrogens is 496 g/mol. The van der Waals surface area contributed by atoms with E-state index in [1.54, 1.807) is 0 Å². The maximum absolute atomic E-state index is 13.3. The normalized spacial score (nSPS) is 22.5. The molecule has 0 spiro atoms. The van der Waals surface area contributed by atoms with Gasteiger partial charge in [-0.15, -0.1) is 5.10 Å². The van der Waals surface area contributed by atoms with Gasteiger partial charge in [-0.25, -0.2) is 4.98 Å². The summed E-state index contributed by atoms with van der Waals surface area (Å²) >= 11 is 5.92. The molecule has 1 saturated carbocycles. The van der Waals surface area contributed by atoms with Crippen molar-refractivity contribution in [1.29, 1.82) is 0 Å². The van der Waals surface area contributed by atoms with Gasteiger partial charge in [0.15, 0.2) is 5.82 Å². The van der Waals surface area contributed by atoms with Crippen molar-refractivity contribution >= 4 is 29.2 Å². The molecule has 2 unspecified atom stereocenters. The Balaban J connectivity index is 1.92. The van der Waals surface area contributed by atoms with Gasteiger partial charge in [0.25, 0.3) is 5.69 Å². The third-order valence-electron chi connectivity index (χ3n) is 7.27. The minimum atomic E-state index is -0.603. The fourth-order valence-corrected chi connectivity index (χ4v) is 5.50. The van der Waals surface area contributed by atoms with E-state index in [1.807, 2.05) is 0 Å². The zero-order valence-electron chi connectivity index (χ0n) is 22.9. The van der Waals surface area contributed by atoms with E-state index in [4.69, 9.17) is 16.3 Å². The highest BCUT2D eigenvalue weighted by Crippen LogP contribution is 2.49. The summed E-state index contributed by atoms with van der Waals surface area (Å²) in [5.41, 5.74) is -0.0993. The Labute approximate surface area is 223 Å². The van der Waals surface area contributed by atoms with Gasteiger partial charge in [0.05, 0.1) is 4.92 Å². The highest BCUT2D eigenvalue weighted by atomic mass is 35.5. The first kappa shape index (κ1) is 28.8. The Morgan fingerprint density at radius 1 is 1.14 bits per heavy atom. The number of hydrogen-bond acceptors (Lipinski definition) is 7. The molecule has 1 aliphatic carbocycles. The molecule has 0 N–H and O–H groups in total. The minimum absolute atomic E-state index is 0.0212. The van der Waals surface area contributed by atoms with Gasteiger partial charge in [0, 0.05) is 30.4 Å². The summed E-state index contributed by atoms with van der Waals surface area (Å²) in [5.74, 6) is 0.178. The number of aromatic nitrogens is 3. The van der Waals surface area contributed by atoms with Gasteiger partial charge >= 0.3 is 5.97 Å². The molecule has 2 atom stereocenters. The van der Waals surface area contributed by atoms with Crippen LogP contribution in [0.4, 0.5) is 5.69 Å². The molecule has 1 aromatic carbocycles. The molecule has 0 amide bonds. The van der Waals surface area contributed by atoms with Crippen LogP contribution >= 0.6 is 11.6 Å². The molecular formula is C27H37ClN4O5. The van der Waals surface area contributed by atoms with Gasteiger partial charge in [-0.2, -0.15) is 4.68 Å². The molecule has 1 aliphatic rings. The van der Waals surface area contributed by atoms with E-state index in [2.05, 4.69) is 58.5 Å². The summed E-state index contributed by atoms with van der Waals surface area (Å²) in [6, 6.07) is 4.15. The second kappa shape index (κ2) is 10.5. The Kier molecular flexibility index (Phi) is 8.17. The Hall–Kier alpha value is -2.81. The molecule has 0 saturated heterocycles. The zero-order valence-corrected chi connectivity index (χ0v) is 23.6. The van der Waals surface area contributed by atoms with E-state index >= 15 is 0 Å². The fourth-order valence-electron chi connectivity index (χ4n) is 5.32. The second-order valence-corrected chi connectivity index (χ2v) is 12.8. The number of rotatable bonds is 5. The van der Waals surface area contributed by atoms with Crippen LogP contribution in [-0.2, 0) is 16.0 Å². The predicted octanol–water partition coefficient (Wildman–Crippen LogP) is 6.38. The Bertz CT molecular complexity index is 1170. The third kappa shape index (κ3) is 6.55. The standard InChI is InChI=1S/C27H37ClN4O5/c1-15-11-18(26(3,4)5)24(19(12-15)27(6,7)8)37-23(34)14-22-29-25(30-31(22)16(2)33)17-9-10-20(28)21(13-17)32(35)36/h9-10,13,15,18-19,24H,11-12,14H2,1-8H3. The van der Waals surface area contributed by atoms with Crippen LogP contribution in [0, 0.1) is 38.7 Å². The summed E-state index contributed by atoms with van der Waals surface area (Å²) in [4.78, 5) is 40.7. The number of nitrogens with zero attached hydrogens (tertiary/aromatic N) is 4. The topological polar surface area (TPSA) is 117 Å². The van der Waals surface area contributed by atoms with Gasteiger partial charge in [-0.05, 0) is 41.7 Å². The maximum Gasteiger partial charge on any atom is 0.313 e. The molecule has 37 heavy (non-hydrogen) atoms. The number of ether oxygens (including phenoxy) is 1. The second-order valence-electron chi connectivity index (χ2n) is 12.4. The molecule has 1 heterocycles. The molecule has 202 valence electrons. The Morgan fingerprint density at radius 3 is 2.19 bits per heavy atom. The van der Waals surface area contributed by atoms with Crippen molar-refractivity contribution in [2.45, 2.75) is 80.8 Å². The number of esters is 1. The summed E-state index contributed by atoms with van der Waals surface area (Å²) < 4.78 is 7.24. The average molecular weight is 533 g/mol. The summed E-state index contributed by atoms with van der Waals surface area (Å²) in [7, 11) is 0. The molecule has 3 rings (SSSR count). The molecule has 2 aromatic rings. The highest BCUT2D eigenvalue weighted by molar-refractivity contribution is 6.32. The lowest BCUT2D eigenvalue weighted by Crippen LogP contribution is -2.49. The molecule has 0 aliphatic heterocycles. The fraction of sp³-hybridized carbons (Fsp3) is 0.630. The molecule has 0 radical (unpaired) electrons. The maximum atomic E-state index is 13.3. The minimum Gasteiger partial charge on any atom is -0.461 e. The first-order valence-corrected chi connectivity index (χ1v) is 13.0. The number of nitro benzene ring substituents is 1. The number of carbonyl (C=O) groups is 2. The lowest BCUT2D eigenvalue weighted by Gasteiger charge is -2.50. The SMILES string of the molecule is CC(=O)n1nc(-c2ccc(Cl)c([N+](=O)[O-])c2)nc1CC(=O)OC1C(C(C)(C)C)CC(C)CC1C(C)(C)C. The van der Waals surface area contributed by atoms with Crippen LogP contribution < -0.4 is 0 Å². The van der Waals surface area contributed by atoms with E-state index in [0.29, 0.717) is 11.5 Å².